The summed E-state index contributed by atoms with van der Waals surface area (Å²) in [6.45, 7) is 35.8. The summed E-state index contributed by atoms with van der Waals surface area (Å²) < 4.78 is 30.2. The van der Waals surface area contributed by atoms with E-state index in [1.165, 1.54) is 17.4 Å². The number of nitrogens with zero attached hydrogens (tertiary/aromatic N) is 2. The van der Waals surface area contributed by atoms with Crippen molar-refractivity contribution in [2.24, 2.45) is 113 Å². The minimum absolute atomic E-state index is 0.0235. The Balaban J connectivity index is 0.596. The number of aryl methyl sites for hydroxylation is 1. The Morgan fingerprint density at radius 1 is 0.527 bits per heavy atom. The van der Waals surface area contributed by atoms with E-state index in [0.29, 0.717) is 79.9 Å². The first kappa shape index (κ1) is 69.3. The van der Waals surface area contributed by atoms with Crippen LogP contribution in [0.25, 0.3) is 0 Å². The molecule has 8 fully saturated rings. The van der Waals surface area contributed by atoms with E-state index in [1.807, 2.05) is 0 Å². The molecule has 10 aliphatic carbocycles. The Hall–Kier alpha value is -3.05. The van der Waals surface area contributed by atoms with E-state index >= 15 is 4.39 Å². The molecular formula is C80H127FN2O8. The van der Waals surface area contributed by atoms with E-state index < -0.39 is 27.9 Å². The van der Waals surface area contributed by atoms with Gasteiger partial charge in [-0.1, -0.05) is 172 Å². The summed E-state index contributed by atoms with van der Waals surface area (Å²) in [5, 5.41) is 22.4. The minimum Gasteiger partial charge on any atom is -0.465 e. The number of aliphatic hydroxyl groups is 2. The molecule has 91 heavy (non-hydrogen) atoms. The molecule has 0 unspecified atom stereocenters. The molecular weight excluding hydrogens is 1140 g/mol. The maximum absolute atomic E-state index is 15.1. The van der Waals surface area contributed by atoms with Crippen LogP contribution in [-0.2, 0) is 32.2 Å². The van der Waals surface area contributed by atoms with E-state index in [4.69, 9.17) is 9.47 Å². The molecule has 512 valence electrons. The first-order chi connectivity index (χ1) is 42.9. The van der Waals surface area contributed by atoms with Gasteiger partial charge in [-0.25, -0.2) is 4.79 Å². The van der Waals surface area contributed by atoms with Crippen molar-refractivity contribution in [3.63, 3.8) is 0 Å². The van der Waals surface area contributed by atoms with Crippen molar-refractivity contribution < 1.29 is 33.7 Å². The van der Waals surface area contributed by atoms with Crippen LogP contribution in [0.5, 0.6) is 0 Å². The molecule has 0 bridgehead atoms. The van der Waals surface area contributed by atoms with Crippen LogP contribution < -0.4 is 11.2 Å². The molecule has 0 aliphatic heterocycles. The Morgan fingerprint density at radius 3 is 1.55 bits per heavy atom. The molecule has 1 aromatic heterocycles. The van der Waals surface area contributed by atoms with E-state index in [1.54, 1.807) is 11.1 Å². The average Bonchev–Trinajstić information content (AvgIpc) is 0.684. The molecule has 10 nitrogen and oxygen atoms in total. The van der Waals surface area contributed by atoms with Gasteiger partial charge in [-0.15, -0.1) is 0 Å². The second-order valence-corrected chi connectivity index (χ2v) is 36.4. The zero-order valence-electron chi connectivity index (χ0n) is 59.8. The first-order valence-corrected chi connectivity index (χ1v) is 38.0. The molecule has 0 radical (unpaired) electrons. The fraction of sp³-hybridized carbons (Fsp3) is 0.875. The van der Waals surface area contributed by atoms with Gasteiger partial charge in [-0.2, -0.15) is 4.39 Å². The fourth-order valence-electron chi connectivity index (χ4n) is 25.3. The lowest BCUT2D eigenvalue weighted by molar-refractivity contribution is -0.207. The zero-order valence-corrected chi connectivity index (χ0v) is 59.8. The summed E-state index contributed by atoms with van der Waals surface area (Å²) in [5.74, 6) is 3.71. The van der Waals surface area contributed by atoms with Crippen molar-refractivity contribution in [3.8, 4) is 0 Å². The second-order valence-electron chi connectivity index (χ2n) is 36.4. The summed E-state index contributed by atoms with van der Waals surface area (Å²) in [7, 11) is 0. The van der Waals surface area contributed by atoms with Crippen molar-refractivity contribution in [3.05, 3.63) is 56.2 Å². The van der Waals surface area contributed by atoms with Crippen LogP contribution >= 0.6 is 0 Å². The van der Waals surface area contributed by atoms with E-state index in [9.17, 15) is 29.4 Å². The van der Waals surface area contributed by atoms with Gasteiger partial charge in [0, 0.05) is 13.1 Å². The highest BCUT2D eigenvalue weighted by Crippen LogP contribution is 2.78. The highest BCUT2D eigenvalue weighted by atomic mass is 19.1. The zero-order chi connectivity index (χ0) is 65.7. The van der Waals surface area contributed by atoms with Crippen LogP contribution in [0.15, 0.2) is 39.1 Å². The maximum Gasteiger partial charge on any atom is 0.331 e. The molecule has 0 saturated heterocycles. The number of unbranched alkanes of at least 4 members (excludes halogenated alkanes) is 10. The van der Waals surface area contributed by atoms with Gasteiger partial charge < -0.3 is 19.7 Å². The van der Waals surface area contributed by atoms with E-state index in [2.05, 4.69) is 109 Å². The molecule has 1 heterocycles. The smallest absolute Gasteiger partial charge is 0.331 e. The average molecular weight is 1260 g/mol. The molecule has 2 N–H and O–H groups in total. The van der Waals surface area contributed by atoms with Crippen LogP contribution in [0.2, 0.25) is 0 Å². The van der Waals surface area contributed by atoms with Crippen molar-refractivity contribution >= 4 is 11.9 Å². The lowest BCUT2D eigenvalue weighted by atomic mass is 9.33. The predicted octanol–water partition coefficient (Wildman–Crippen LogP) is 18.0. The summed E-state index contributed by atoms with van der Waals surface area (Å²) in [5.41, 5.74) is 1.49. The van der Waals surface area contributed by atoms with E-state index in [-0.39, 0.29) is 85.8 Å². The standard InChI is InChI=1S/C80H127FN2O8/c1-52-31-40-79(43-41-76(12)57(66(79)55(52)4)28-30-63-74(10)37-35-65(85)72(7,8)61(74)33-39-78(63,76)14)68(87)90-47-25-21-17-15-19-23-45-82-51-59(81)67(86)83(70(82)89)46-24-20-16-18-22-26-48-91-69(88)80-44-42-75(11)56(58(80)49-53(2)54(3)50-80)27-29-62-73(9)36-34-64(84)71(5,6)60(73)32-38-77(62,75)13/h27-28,51-55,58,60-66,84-85H,15-26,29-50H2,1-14H3/t52-,53-,54-,55+,58+,60+,61+,62-,63-,64+,65+,66+,73+,74+,75-,76-,77-,78-,79+,80-/m1/s1. The van der Waals surface area contributed by atoms with Crippen LogP contribution in [0.1, 0.15) is 290 Å². The van der Waals surface area contributed by atoms with Crippen molar-refractivity contribution in [1.82, 2.24) is 9.13 Å². The number of hydrogen-bond donors (Lipinski definition) is 2. The molecule has 11 rings (SSSR count). The summed E-state index contributed by atoms with van der Waals surface area (Å²) >= 11 is 0. The molecule has 0 amide bonds. The molecule has 11 heteroatoms. The van der Waals surface area contributed by atoms with Gasteiger partial charge in [0.05, 0.1) is 42.4 Å². The number of carbonyl (C=O) groups excluding carboxylic acids is 2. The number of fused-ring (bicyclic) bond motifs is 14. The highest BCUT2D eigenvalue weighted by molar-refractivity contribution is 5.79. The van der Waals surface area contributed by atoms with Crippen LogP contribution in [0, 0.1) is 119 Å². The lowest BCUT2D eigenvalue weighted by Crippen LogP contribution is -2.65. The van der Waals surface area contributed by atoms with Crippen molar-refractivity contribution in [2.45, 2.75) is 315 Å². The Bertz CT molecular complexity index is 3030. The molecule has 1 aromatic rings. The largest absolute Gasteiger partial charge is 0.465 e. The molecule has 10 aliphatic rings. The van der Waals surface area contributed by atoms with Gasteiger partial charge >= 0.3 is 17.6 Å². The van der Waals surface area contributed by atoms with Gasteiger partial charge in [0.15, 0.2) is 0 Å². The number of aliphatic hydroxyl groups excluding tert-OH is 2. The van der Waals surface area contributed by atoms with Crippen LogP contribution in [0.4, 0.5) is 4.39 Å². The number of hydrogen-bond acceptors (Lipinski definition) is 8. The predicted molar refractivity (Wildman–Crippen MR) is 362 cm³/mol. The number of aromatic nitrogens is 2. The minimum atomic E-state index is -0.888. The van der Waals surface area contributed by atoms with Gasteiger partial charge in [0.2, 0.25) is 5.82 Å². The molecule has 0 spiro atoms. The third-order valence-electron chi connectivity index (χ3n) is 31.9. The van der Waals surface area contributed by atoms with Crippen LogP contribution in [-0.4, -0.2) is 56.7 Å². The highest BCUT2D eigenvalue weighted by Gasteiger charge is 2.72. The summed E-state index contributed by atoms with van der Waals surface area (Å²) in [4.78, 5) is 55.8. The third-order valence-corrected chi connectivity index (χ3v) is 31.9. The quantitative estimate of drug-likeness (QED) is 0.0748. The van der Waals surface area contributed by atoms with Gasteiger partial charge in [0.1, 0.15) is 0 Å². The van der Waals surface area contributed by atoms with Gasteiger partial charge in [-0.3, -0.25) is 23.5 Å². The number of carbonyl (C=O) groups is 2. The van der Waals surface area contributed by atoms with Gasteiger partial charge in [0.25, 0.3) is 5.56 Å². The normalized spacial score (nSPS) is 43.5. The Kier molecular flexibility index (Phi) is 19.4. The number of halogens is 1. The SMILES string of the molecule is C[C@H]1[C@H](C)CC[C@]2(C(=O)OCCCCCCCCn3cc(F)c(=O)n(CCCCCCCCOC(=O)[C@@]45CC[C@]6(C)C(=CC[C@@H]7[C@@]8(C)CC[C@H](O)C(C)(C)[C@@H]8CC[C@]76C)[C@@H]4C[C@@H](C)[C@H](C)C5)c3=O)CC[C@]3(C)C(=CC[C@@H]4[C@@]5(C)CC[C@H](O)C(C)(C)[C@@H]5CC[C@]43C)[C@H]12. The summed E-state index contributed by atoms with van der Waals surface area (Å²) in [6.07, 6.45) is 34.8. The first-order valence-electron chi connectivity index (χ1n) is 38.0. The number of esters is 2. The lowest BCUT2D eigenvalue weighted by Gasteiger charge is -2.71. The molecule has 8 saturated carbocycles. The topological polar surface area (TPSA) is 137 Å². The van der Waals surface area contributed by atoms with Crippen molar-refractivity contribution in [2.75, 3.05) is 13.2 Å². The monoisotopic (exact) mass is 1260 g/mol. The molecule has 0 aromatic carbocycles. The Morgan fingerprint density at radius 2 is 1.00 bits per heavy atom. The fourth-order valence-corrected chi connectivity index (χ4v) is 25.3. The third kappa shape index (κ3) is 11.1. The number of ether oxygens (including phenoxy) is 2. The second kappa shape index (κ2) is 25.4. The van der Waals surface area contributed by atoms with Crippen LogP contribution in [0.3, 0.4) is 0 Å². The van der Waals surface area contributed by atoms with Crippen molar-refractivity contribution in [1.29, 1.82) is 0 Å². The maximum atomic E-state index is 15.1. The molecule has 20 atom stereocenters. The van der Waals surface area contributed by atoms with E-state index in [0.717, 1.165) is 178 Å². The Labute approximate surface area is 549 Å². The van der Waals surface area contributed by atoms with Gasteiger partial charge in [-0.05, 0) is 244 Å². The number of rotatable bonds is 20. The summed E-state index contributed by atoms with van der Waals surface area (Å²) in [6, 6.07) is 0. The number of allylic oxidation sites excluding steroid dienone is 4.